The number of nitrogens with zero attached hydrogens (tertiary/aromatic N) is 1. The second kappa shape index (κ2) is 5.71. The van der Waals surface area contributed by atoms with Gasteiger partial charge in [0.15, 0.2) is 0 Å². The van der Waals surface area contributed by atoms with E-state index in [0.717, 1.165) is 17.1 Å². The third-order valence-corrected chi connectivity index (χ3v) is 5.35. The summed E-state index contributed by atoms with van der Waals surface area (Å²) >= 11 is 5.98. The van der Waals surface area contributed by atoms with E-state index in [9.17, 15) is 13.2 Å². The molecule has 0 heterocycles. The zero-order valence-corrected chi connectivity index (χ0v) is 13.0. The Labute approximate surface area is 124 Å². The van der Waals surface area contributed by atoms with Crippen LogP contribution in [0, 0.1) is 5.92 Å². The molecule has 0 aliphatic heterocycles. The Bertz CT molecular complexity index is 625. The number of hydrogen-bond donors (Lipinski definition) is 1. The molecule has 20 heavy (non-hydrogen) atoms. The number of nitrogens with one attached hydrogen (secondary N) is 1. The van der Waals surface area contributed by atoms with E-state index in [4.69, 9.17) is 11.6 Å². The summed E-state index contributed by atoms with van der Waals surface area (Å²) in [6, 6.07) is 4.15. The van der Waals surface area contributed by atoms with E-state index in [0.29, 0.717) is 12.5 Å². The lowest BCUT2D eigenvalue weighted by atomic mass is 10.2. The second-order valence-corrected chi connectivity index (χ2v) is 7.64. The Morgan fingerprint density at radius 3 is 2.60 bits per heavy atom. The number of carbonyl (C=O) groups excluding carboxylic acids is 1. The molecule has 1 aromatic carbocycles. The molecule has 1 aliphatic carbocycles. The fraction of sp³-hybridized carbons (Fsp3) is 0.462. The van der Waals surface area contributed by atoms with Crippen molar-refractivity contribution in [3.63, 3.8) is 0 Å². The maximum absolute atomic E-state index is 12.0. The van der Waals surface area contributed by atoms with Gasteiger partial charge in [0.1, 0.15) is 0 Å². The molecule has 110 valence electrons. The van der Waals surface area contributed by atoms with Gasteiger partial charge in [-0.2, -0.15) is 0 Å². The van der Waals surface area contributed by atoms with Crippen molar-refractivity contribution in [2.24, 2.45) is 5.92 Å². The predicted molar refractivity (Wildman–Crippen MR) is 77.4 cm³/mol. The molecule has 1 aliphatic rings. The summed E-state index contributed by atoms with van der Waals surface area (Å²) in [5, 5.41) is 3.02. The molecule has 0 radical (unpaired) electrons. The number of benzene rings is 1. The van der Waals surface area contributed by atoms with Gasteiger partial charge in [-0.25, -0.2) is 12.7 Å². The Morgan fingerprint density at radius 2 is 2.05 bits per heavy atom. The van der Waals surface area contributed by atoms with Gasteiger partial charge >= 0.3 is 0 Å². The van der Waals surface area contributed by atoms with E-state index in [2.05, 4.69) is 5.32 Å². The Balaban J connectivity index is 2.26. The van der Waals surface area contributed by atoms with Crippen molar-refractivity contribution >= 4 is 27.5 Å². The minimum absolute atomic E-state index is 0.0588. The first kappa shape index (κ1) is 15.3. The summed E-state index contributed by atoms with van der Waals surface area (Å²) < 4.78 is 25.2. The monoisotopic (exact) mass is 316 g/mol. The van der Waals surface area contributed by atoms with Crippen LogP contribution in [0.25, 0.3) is 0 Å². The molecule has 1 aromatic rings. The third kappa shape index (κ3) is 3.31. The number of sulfonamides is 1. The molecule has 1 N–H and O–H groups in total. The first-order valence-electron chi connectivity index (χ1n) is 6.32. The van der Waals surface area contributed by atoms with E-state index in [1.165, 1.54) is 32.3 Å². The fourth-order valence-electron chi connectivity index (χ4n) is 1.70. The van der Waals surface area contributed by atoms with Crippen molar-refractivity contribution in [3.05, 3.63) is 28.8 Å². The lowest BCUT2D eigenvalue weighted by molar-refractivity contribution is 0.0951. The highest BCUT2D eigenvalue weighted by Gasteiger charge is 2.24. The van der Waals surface area contributed by atoms with Crippen LogP contribution in [0.4, 0.5) is 0 Å². The number of halogens is 1. The van der Waals surface area contributed by atoms with Crippen molar-refractivity contribution in [1.82, 2.24) is 9.62 Å². The highest BCUT2D eigenvalue weighted by molar-refractivity contribution is 7.89. The first-order valence-corrected chi connectivity index (χ1v) is 8.14. The molecule has 0 atom stereocenters. The minimum Gasteiger partial charge on any atom is -0.352 e. The van der Waals surface area contributed by atoms with Gasteiger partial charge in [0.05, 0.1) is 15.5 Å². The van der Waals surface area contributed by atoms with E-state index in [1.807, 2.05) is 0 Å². The van der Waals surface area contributed by atoms with Crippen LogP contribution in [0.5, 0.6) is 0 Å². The molecule has 0 saturated heterocycles. The van der Waals surface area contributed by atoms with Gasteiger partial charge in [-0.1, -0.05) is 11.6 Å². The van der Waals surface area contributed by atoms with Gasteiger partial charge in [-0.15, -0.1) is 0 Å². The number of amides is 1. The Kier molecular flexibility index (Phi) is 4.36. The lowest BCUT2D eigenvalue weighted by Crippen LogP contribution is -2.27. The average Bonchev–Trinajstić information content (AvgIpc) is 3.20. The maximum atomic E-state index is 12.0. The molecule has 0 unspecified atom stereocenters. The largest absolute Gasteiger partial charge is 0.352 e. The summed E-state index contributed by atoms with van der Waals surface area (Å²) in [5.41, 5.74) is 0.190. The smallest absolute Gasteiger partial charge is 0.252 e. The van der Waals surface area contributed by atoms with Gasteiger partial charge in [-0.05, 0) is 37.0 Å². The molecular weight excluding hydrogens is 300 g/mol. The minimum atomic E-state index is -3.57. The maximum Gasteiger partial charge on any atom is 0.252 e. The van der Waals surface area contributed by atoms with Crippen molar-refractivity contribution < 1.29 is 13.2 Å². The molecule has 2 rings (SSSR count). The second-order valence-electron chi connectivity index (χ2n) is 5.08. The van der Waals surface area contributed by atoms with Gasteiger partial charge in [0.25, 0.3) is 5.91 Å². The zero-order chi connectivity index (χ0) is 14.9. The summed E-state index contributed by atoms with van der Waals surface area (Å²) in [6.45, 7) is 0.611. The Morgan fingerprint density at radius 1 is 1.40 bits per heavy atom. The quantitative estimate of drug-likeness (QED) is 0.899. The predicted octanol–water partition coefficient (Wildman–Crippen LogP) is 1.73. The van der Waals surface area contributed by atoms with E-state index < -0.39 is 10.0 Å². The van der Waals surface area contributed by atoms with Crippen LogP contribution >= 0.6 is 11.6 Å². The summed E-state index contributed by atoms with van der Waals surface area (Å²) in [4.78, 5) is 12.1. The third-order valence-electron chi connectivity index (χ3n) is 3.21. The zero-order valence-electron chi connectivity index (χ0n) is 11.4. The molecule has 0 aromatic heterocycles. The van der Waals surface area contributed by atoms with E-state index in [1.54, 1.807) is 0 Å². The molecule has 1 saturated carbocycles. The van der Waals surface area contributed by atoms with Crippen LogP contribution < -0.4 is 5.32 Å². The van der Waals surface area contributed by atoms with Crippen LogP contribution in [0.1, 0.15) is 23.2 Å². The van der Waals surface area contributed by atoms with Crippen molar-refractivity contribution in [1.29, 1.82) is 0 Å². The van der Waals surface area contributed by atoms with Gasteiger partial charge in [0.2, 0.25) is 10.0 Å². The summed E-state index contributed by atoms with van der Waals surface area (Å²) in [5.74, 6) is 0.212. The van der Waals surface area contributed by atoms with Crippen molar-refractivity contribution in [3.8, 4) is 0 Å². The van der Waals surface area contributed by atoms with Gasteiger partial charge < -0.3 is 5.32 Å². The van der Waals surface area contributed by atoms with Gasteiger partial charge in [-0.3, -0.25) is 4.79 Å². The number of hydrogen-bond acceptors (Lipinski definition) is 3. The SMILES string of the molecule is CN(C)S(=O)(=O)c1ccc(Cl)c(C(=O)NCC2CC2)c1. The first-order chi connectivity index (χ1) is 9.32. The molecule has 0 spiro atoms. The molecule has 0 bridgehead atoms. The molecule has 1 amide bonds. The summed E-state index contributed by atoms with van der Waals surface area (Å²) in [7, 11) is -0.691. The number of rotatable bonds is 5. The van der Waals surface area contributed by atoms with Crippen LogP contribution in [0.15, 0.2) is 23.1 Å². The topological polar surface area (TPSA) is 66.5 Å². The molecule has 5 nitrogen and oxygen atoms in total. The van der Waals surface area contributed by atoms with E-state index >= 15 is 0 Å². The average molecular weight is 317 g/mol. The Hall–Kier alpha value is -1.11. The summed E-state index contributed by atoms with van der Waals surface area (Å²) in [6.07, 6.45) is 2.26. The molecule has 1 fully saturated rings. The van der Waals surface area contributed by atoms with Crippen LogP contribution in [0.3, 0.4) is 0 Å². The fourth-order valence-corrected chi connectivity index (χ4v) is 2.84. The van der Waals surface area contributed by atoms with E-state index in [-0.39, 0.29) is 21.4 Å². The molecular formula is C13H17ClN2O3S. The number of carbonyl (C=O) groups is 1. The van der Waals surface area contributed by atoms with Gasteiger partial charge in [0, 0.05) is 20.6 Å². The lowest BCUT2D eigenvalue weighted by Gasteiger charge is -2.13. The van der Waals surface area contributed by atoms with Crippen LogP contribution in [-0.2, 0) is 10.0 Å². The van der Waals surface area contributed by atoms with Crippen molar-refractivity contribution in [2.75, 3.05) is 20.6 Å². The van der Waals surface area contributed by atoms with Crippen LogP contribution in [0.2, 0.25) is 5.02 Å². The van der Waals surface area contributed by atoms with Crippen molar-refractivity contribution in [2.45, 2.75) is 17.7 Å². The normalized spacial score (nSPS) is 15.4. The molecule has 7 heteroatoms. The highest BCUT2D eigenvalue weighted by atomic mass is 35.5. The van der Waals surface area contributed by atoms with Crippen LogP contribution in [-0.4, -0.2) is 39.3 Å². The standard InChI is InChI=1S/C13H17ClN2O3S/c1-16(2)20(18,19)10-5-6-12(14)11(7-10)13(17)15-8-9-3-4-9/h5-7,9H,3-4,8H2,1-2H3,(H,15,17). The highest BCUT2D eigenvalue weighted by Crippen LogP contribution is 2.28.